The first-order valence-electron chi connectivity index (χ1n) is 5.58. The van der Waals surface area contributed by atoms with Crippen LogP contribution in [0.3, 0.4) is 0 Å². The molecule has 0 bridgehead atoms. The minimum absolute atomic E-state index is 0.264. The topological polar surface area (TPSA) is 79.8 Å². The Hall–Kier alpha value is -2.50. The largest absolute Gasteiger partial charge is 0.384 e. The SMILES string of the molecule is CCNc1ccc(C(=O)Nc2ncccn2)nc1. The molecule has 0 aliphatic rings. The average Bonchev–Trinajstić information content (AvgIpc) is 2.41. The van der Waals surface area contributed by atoms with Gasteiger partial charge in [-0.3, -0.25) is 10.1 Å². The summed E-state index contributed by atoms with van der Waals surface area (Å²) in [5, 5.41) is 5.67. The van der Waals surface area contributed by atoms with Gasteiger partial charge in [-0.15, -0.1) is 0 Å². The van der Waals surface area contributed by atoms with E-state index in [1.165, 1.54) is 0 Å². The molecule has 0 unspecified atom stereocenters. The van der Waals surface area contributed by atoms with Gasteiger partial charge in [-0.2, -0.15) is 0 Å². The van der Waals surface area contributed by atoms with Crippen LogP contribution in [-0.4, -0.2) is 27.4 Å². The molecule has 0 radical (unpaired) electrons. The van der Waals surface area contributed by atoms with Crippen LogP contribution in [0, 0.1) is 0 Å². The molecule has 0 fully saturated rings. The number of rotatable bonds is 4. The van der Waals surface area contributed by atoms with Gasteiger partial charge in [-0.05, 0) is 25.1 Å². The van der Waals surface area contributed by atoms with Crippen molar-refractivity contribution >= 4 is 17.5 Å². The molecule has 0 aromatic carbocycles. The van der Waals surface area contributed by atoms with E-state index in [4.69, 9.17) is 0 Å². The summed E-state index contributed by atoms with van der Waals surface area (Å²) in [6, 6.07) is 5.13. The van der Waals surface area contributed by atoms with Crippen molar-refractivity contribution in [2.45, 2.75) is 6.92 Å². The molecule has 92 valence electrons. The maximum absolute atomic E-state index is 11.8. The predicted molar refractivity (Wildman–Crippen MR) is 68.4 cm³/mol. The number of amides is 1. The van der Waals surface area contributed by atoms with Gasteiger partial charge in [0, 0.05) is 18.9 Å². The third-order valence-electron chi connectivity index (χ3n) is 2.17. The lowest BCUT2D eigenvalue weighted by molar-refractivity contribution is 0.102. The zero-order valence-electron chi connectivity index (χ0n) is 9.92. The fourth-order valence-corrected chi connectivity index (χ4v) is 1.37. The minimum Gasteiger partial charge on any atom is -0.384 e. The molecule has 2 aromatic rings. The maximum Gasteiger partial charge on any atom is 0.276 e. The number of hydrogen-bond acceptors (Lipinski definition) is 5. The molecule has 18 heavy (non-hydrogen) atoms. The molecule has 0 aliphatic heterocycles. The van der Waals surface area contributed by atoms with Crippen LogP contribution >= 0.6 is 0 Å². The zero-order valence-corrected chi connectivity index (χ0v) is 9.92. The Balaban J connectivity index is 2.05. The molecule has 0 saturated heterocycles. The lowest BCUT2D eigenvalue weighted by Crippen LogP contribution is -2.15. The van der Waals surface area contributed by atoms with Crippen molar-refractivity contribution < 1.29 is 4.79 Å². The van der Waals surface area contributed by atoms with Crippen molar-refractivity contribution in [3.05, 3.63) is 42.5 Å². The average molecular weight is 243 g/mol. The normalized spacial score (nSPS) is 9.83. The van der Waals surface area contributed by atoms with Crippen LogP contribution in [0.15, 0.2) is 36.8 Å². The summed E-state index contributed by atoms with van der Waals surface area (Å²) >= 11 is 0. The second kappa shape index (κ2) is 5.72. The van der Waals surface area contributed by atoms with E-state index in [1.807, 2.05) is 6.92 Å². The standard InChI is InChI=1S/C12H13N5O/c1-2-13-9-4-5-10(16-8-9)11(18)17-12-14-6-3-7-15-12/h3-8,13H,2H2,1H3,(H,14,15,17,18). The van der Waals surface area contributed by atoms with Gasteiger partial charge in [0.05, 0.1) is 11.9 Å². The molecule has 0 spiro atoms. The Morgan fingerprint density at radius 2 is 2.00 bits per heavy atom. The Kier molecular flexibility index (Phi) is 3.80. The van der Waals surface area contributed by atoms with Crippen molar-refractivity contribution in [3.63, 3.8) is 0 Å². The van der Waals surface area contributed by atoms with Gasteiger partial charge in [0.1, 0.15) is 5.69 Å². The van der Waals surface area contributed by atoms with Crippen molar-refractivity contribution in [1.29, 1.82) is 0 Å². The lowest BCUT2D eigenvalue weighted by atomic mass is 10.3. The van der Waals surface area contributed by atoms with Crippen molar-refractivity contribution in [3.8, 4) is 0 Å². The highest BCUT2D eigenvalue weighted by molar-refractivity contribution is 6.01. The highest BCUT2D eigenvalue weighted by Gasteiger charge is 2.08. The molecule has 2 N–H and O–H groups in total. The first kappa shape index (κ1) is 12.0. The van der Waals surface area contributed by atoms with E-state index < -0.39 is 0 Å². The van der Waals surface area contributed by atoms with E-state index in [2.05, 4.69) is 25.6 Å². The number of nitrogens with zero attached hydrogens (tertiary/aromatic N) is 3. The number of aromatic nitrogens is 3. The van der Waals surface area contributed by atoms with Crippen LogP contribution in [0.25, 0.3) is 0 Å². The van der Waals surface area contributed by atoms with Crippen LogP contribution in [0.5, 0.6) is 0 Å². The molecule has 2 heterocycles. The highest BCUT2D eigenvalue weighted by Crippen LogP contribution is 2.07. The van der Waals surface area contributed by atoms with Crippen LogP contribution in [0.1, 0.15) is 17.4 Å². The number of pyridine rings is 1. The first-order valence-corrected chi connectivity index (χ1v) is 5.58. The Morgan fingerprint density at radius 1 is 1.22 bits per heavy atom. The quantitative estimate of drug-likeness (QED) is 0.851. The van der Waals surface area contributed by atoms with Gasteiger partial charge in [0.25, 0.3) is 5.91 Å². The fraction of sp³-hybridized carbons (Fsp3) is 0.167. The summed E-state index contributed by atoms with van der Waals surface area (Å²) in [5.74, 6) is -0.0655. The molecule has 0 atom stereocenters. The molecule has 6 heteroatoms. The zero-order chi connectivity index (χ0) is 12.8. The van der Waals surface area contributed by atoms with E-state index in [1.54, 1.807) is 36.8 Å². The fourth-order valence-electron chi connectivity index (χ4n) is 1.37. The van der Waals surface area contributed by atoms with Crippen molar-refractivity contribution in [2.75, 3.05) is 17.2 Å². The summed E-state index contributed by atoms with van der Waals surface area (Å²) in [7, 11) is 0. The number of carbonyl (C=O) groups is 1. The maximum atomic E-state index is 11.8. The van der Waals surface area contributed by atoms with Crippen molar-refractivity contribution in [1.82, 2.24) is 15.0 Å². The predicted octanol–water partition coefficient (Wildman–Crippen LogP) is 1.56. The molecule has 6 nitrogen and oxygen atoms in total. The van der Waals surface area contributed by atoms with Gasteiger partial charge in [-0.1, -0.05) is 0 Å². The van der Waals surface area contributed by atoms with Gasteiger partial charge in [0.15, 0.2) is 0 Å². The second-order valence-electron chi connectivity index (χ2n) is 3.49. The van der Waals surface area contributed by atoms with Crippen LogP contribution in [-0.2, 0) is 0 Å². The lowest BCUT2D eigenvalue weighted by Gasteiger charge is -2.04. The second-order valence-corrected chi connectivity index (χ2v) is 3.49. The summed E-state index contributed by atoms with van der Waals surface area (Å²) in [4.78, 5) is 23.7. The molecule has 0 saturated carbocycles. The third-order valence-corrected chi connectivity index (χ3v) is 2.17. The van der Waals surface area contributed by atoms with Gasteiger partial charge >= 0.3 is 0 Å². The number of nitrogens with one attached hydrogen (secondary N) is 2. The van der Waals surface area contributed by atoms with E-state index >= 15 is 0 Å². The van der Waals surface area contributed by atoms with Crippen LogP contribution in [0.4, 0.5) is 11.6 Å². The van der Waals surface area contributed by atoms with Crippen molar-refractivity contribution in [2.24, 2.45) is 0 Å². The highest BCUT2D eigenvalue weighted by atomic mass is 16.2. The molecule has 2 aromatic heterocycles. The molecular formula is C12H13N5O. The Labute approximate surface area is 105 Å². The molecular weight excluding hydrogens is 230 g/mol. The molecule has 1 amide bonds. The number of hydrogen-bond donors (Lipinski definition) is 2. The molecule has 2 rings (SSSR count). The Morgan fingerprint density at radius 3 is 2.61 bits per heavy atom. The van der Waals surface area contributed by atoms with E-state index in [0.717, 1.165) is 12.2 Å². The summed E-state index contributed by atoms with van der Waals surface area (Å²) in [6.45, 7) is 2.80. The van der Waals surface area contributed by atoms with Gasteiger partial charge in [-0.25, -0.2) is 15.0 Å². The third kappa shape index (κ3) is 3.00. The van der Waals surface area contributed by atoms with E-state index in [9.17, 15) is 4.79 Å². The summed E-state index contributed by atoms with van der Waals surface area (Å²) < 4.78 is 0. The number of carbonyl (C=O) groups excluding carboxylic acids is 1. The minimum atomic E-state index is -0.329. The smallest absolute Gasteiger partial charge is 0.276 e. The monoisotopic (exact) mass is 243 g/mol. The van der Waals surface area contributed by atoms with Crippen LogP contribution < -0.4 is 10.6 Å². The Bertz CT molecular complexity index is 512. The van der Waals surface area contributed by atoms with E-state index in [-0.39, 0.29) is 11.9 Å². The summed E-state index contributed by atoms with van der Waals surface area (Å²) in [5.41, 5.74) is 1.20. The van der Waals surface area contributed by atoms with Crippen LogP contribution in [0.2, 0.25) is 0 Å². The van der Waals surface area contributed by atoms with E-state index in [0.29, 0.717) is 5.69 Å². The first-order chi connectivity index (χ1) is 8.79. The van der Waals surface area contributed by atoms with Gasteiger partial charge in [0.2, 0.25) is 5.95 Å². The molecule has 0 aliphatic carbocycles. The number of anilines is 2. The van der Waals surface area contributed by atoms with Gasteiger partial charge < -0.3 is 5.32 Å². The summed E-state index contributed by atoms with van der Waals surface area (Å²) in [6.07, 6.45) is 4.74.